The molecule has 1 fully saturated rings. The number of ether oxygens (including phenoxy) is 1. The number of hydrogen-bond acceptors (Lipinski definition) is 5. The first-order chi connectivity index (χ1) is 11.1. The van der Waals surface area contributed by atoms with Gasteiger partial charge >= 0.3 is 5.97 Å². The van der Waals surface area contributed by atoms with E-state index in [1.54, 1.807) is 6.07 Å². The molecule has 0 unspecified atom stereocenters. The third-order valence-electron chi connectivity index (χ3n) is 4.14. The molecular weight excluding hydrogens is 322 g/mol. The molecule has 0 radical (unpaired) electrons. The Hall–Kier alpha value is -1.89. The standard InChI is InChI=1S/C16H16F2N2O2S/c1-22-16(21)12-6-9(17)2-4-11(12)14-8-23-15(20-14)13-5-3-10(18)7-19-13/h3,5,7-9,11-12H,2,4,6H2,1H3/t9-,11+,12+/m0/s1. The number of hydrogen-bond donors (Lipinski definition) is 0. The molecule has 23 heavy (non-hydrogen) atoms. The molecule has 2 aromatic heterocycles. The van der Waals surface area contributed by atoms with Crippen molar-refractivity contribution >= 4 is 17.3 Å². The molecule has 0 aromatic carbocycles. The summed E-state index contributed by atoms with van der Waals surface area (Å²) in [5, 5.41) is 2.52. The highest BCUT2D eigenvalue weighted by atomic mass is 32.1. The molecule has 3 atom stereocenters. The Labute approximate surface area is 136 Å². The summed E-state index contributed by atoms with van der Waals surface area (Å²) in [6, 6.07) is 2.89. The van der Waals surface area contributed by atoms with Crippen LogP contribution in [0.1, 0.15) is 30.9 Å². The molecule has 0 spiro atoms. The van der Waals surface area contributed by atoms with Gasteiger partial charge in [0.1, 0.15) is 17.0 Å². The monoisotopic (exact) mass is 338 g/mol. The number of halogens is 2. The molecule has 1 saturated carbocycles. The van der Waals surface area contributed by atoms with E-state index in [9.17, 15) is 13.6 Å². The van der Waals surface area contributed by atoms with Crippen LogP contribution in [0.3, 0.4) is 0 Å². The van der Waals surface area contributed by atoms with Crippen molar-refractivity contribution in [2.75, 3.05) is 7.11 Å². The molecule has 1 aliphatic rings. The predicted molar refractivity (Wildman–Crippen MR) is 82.3 cm³/mol. The van der Waals surface area contributed by atoms with E-state index in [0.29, 0.717) is 23.5 Å². The van der Waals surface area contributed by atoms with Crippen LogP contribution in [0.4, 0.5) is 8.78 Å². The Morgan fingerprint density at radius 1 is 1.39 bits per heavy atom. The normalized spacial score (nSPS) is 24.4. The largest absolute Gasteiger partial charge is 0.469 e. The van der Waals surface area contributed by atoms with Crippen molar-refractivity contribution in [1.29, 1.82) is 0 Å². The van der Waals surface area contributed by atoms with Gasteiger partial charge in [-0.1, -0.05) is 0 Å². The van der Waals surface area contributed by atoms with Gasteiger partial charge in [0, 0.05) is 11.3 Å². The lowest BCUT2D eigenvalue weighted by Crippen LogP contribution is -2.31. The average Bonchev–Trinajstić information content (AvgIpc) is 3.04. The quantitative estimate of drug-likeness (QED) is 0.800. The fraction of sp³-hybridized carbons (Fsp3) is 0.438. The van der Waals surface area contributed by atoms with Crippen LogP contribution in [-0.2, 0) is 9.53 Å². The fourth-order valence-corrected chi connectivity index (χ4v) is 3.82. The number of carbonyl (C=O) groups is 1. The van der Waals surface area contributed by atoms with E-state index in [-0.39, 0.29) is 12.3 Å². The maximum atomic E-state index is 13.7. The summed E-state index contributed by atoms with van der Waals surface area (Å²) < 4.78 is 31.4. The van der Waals surface area contributed by atoms with Crippen LogP contribution in [0.15, 0.2) is 23.7 Å². The topological polar surface area (TPSA) is 52.1 Å². The first kappa shape index (κ1) is 16.0. The lowest BCUT2D eigenvalue weighted by atomic mass is 9.77. The molecule has 0 aliphatic heterocycles. The molecule has 1 aliphatic carbocycles. The van der Waals surface area contributed by atoms with Crippen LogP contribution in [0.5, 0.6) is 0 Å². The van der Waals surface area contributed by atoms with E-state index in [2.05, 4.69) is 9.97 Å². The van der Waals surface area contributed by atoms with Crippen LogP contribution in [0.2, 0.25) is 0 Å². The molecule has 2 heterocycles. The summed E-state index contributed by atoms with van der Waals surface area (Å²) in [5.41, 5.74) is 1.33. The van der Waals surface area contributed by atoms with Crippen molar-refractivity contribution in [2.45, 2.75) is 31.4 Å². The molecule has 7 heteroatoms. The van der Waals surface area contributed by atoms with Gasteiger partial charge in [-0.05, 0) is 31.4 Å². The highest BCUT2D eigenvalue weighted by molar-refractivity contribution is 7.13. The number of aromatic nitrogens is 2. The van der Waals surface area contributed by atoms with E-state index >= 15 is 0 Å². The second-order valence-electron chi connectivity index (χ2n) is 5.59. The third kappa shape index (κ3) is 3.39. The van der Waals surface area contributed by atoms with E-state index in [1.807, 2.05) is 5.38 Å². The Kier molecular flexibility index (Phi) is 4.66. The van der Waals surface area contributed by atoms with Crippen molar-refractivity contribution in [2.24, 2.45) is 5.92 Å². The van der Waals surface area contributed by atoms with Gasteiger partial charge in [-0.15, -0.1) is 11.3 Å². The number of alkyl halides is 1. The van der Waals surface area contributed by atoms with Gasteiger partial charge in [0.2, 0.25) is 0 Å². The first-order valence-electron chi connectivity index (χ1n) is 7.37. The molecule has 0 N–H and O–H groups in total. The molecule has 2 aromatic rings. The van der Waals surface area contributed by atoms with Crippen LogP contribution in [0, 0.1) is 11.7 Å². The summed E-state index contributed by atoms with van der Waals surface area (Å²) in [7, 11) is 1.32. The summed E-state index contributed by atoms with van der Waals surface area (Å²) in [5.74, 6) is -1.47. The number of thiazole rings is 1. The lowest BCUT2D eigenvalue weighted by Gasteiger charge is -2.30. The van der Waals surface area contributed by atoms with E-state index < -0.39 is 23.9 Å². The minimum Gasteiger partial charge on any atom is -0.469 e. The van der Waals surface area contributed by atoms with Gasteiger partial charge in [-0.25, -0.2) is 13.8 Å². The Morgan fingerprint density at radius 2 is 2.22 bits per heavy atom. The van der Waals surface area contributed by atoms with Gasteiger partial charge in [-0.2, -0.15) is 0 Å². The molecular formula is C16H16F2N2O2S. The summed E-state index contributed by atoms with van der Waals surface area (Å²) in [6.45, 7) is 0. The Bertz CT molecular complexity index is 690. The molecule has 0 bridgehead atoms. The van der Waals surface area contributed by atoms with E-state index in [1.165, 1.54) is 24.5 Å². The zero-order chi connectivity index (χ0) is 16.4. The van der Waals surface area contributed by atoms with E-state index in [0.717, 1.165) is 11.9 Å². The average molecular weight is 338 g/mol. The predicted octanol–water partition coefficient (Wildman–Crippen LogP) is 3.74. The lowest BCUT2D eigenvalue weighted by molar-refractivity contribution is -0.148. The first-order valence-corrected chi connectivity index (χ1v) is 8.25. The van der Waals surface area contributed by atoms with Gasteiger partial charge in [0.15, 0.2) is 0 Å². The second kappa shape index (κ2) is 6.70. The maximum absolute atomic E-state index is 13.7. The third-order valence-corrected chi connectivity index (χ3v) is 5.02. The van der Waals surface area contributed by atoms with Crippen LogP contribution in [-0.4, -0.2) is 29.2 Å². The van der Waals surface area contributed by atoms with Crippen molar-refractivity contribution < 1.29 is 18.3 Å². The summed E-state index contributed by atoms with van der Waals surface area (Å²) in [4.78, 5) is 20.5. The number of rotatable bonds is 3. The number of esters is 1. The zero-order valence-corrected chi connectivity index (χ0v) is 13.4. The fourth-order valence-electron chi connectivity index (χ4n) is 2.96. The SMILES string of the molecule is COC(=O)[C@@H]1C[C@@H](F)CC[C@H]1c1csc(-c2ccc(F)cn2)n1. The molecule has 4 nitrogen and oxygen atoms in total. The molecule has 3 rings (SSSR count). The Balaban J connectivity index is 1.85. The second-order valence-corrected chi connectivity index (χ2v) is 6.44. The van der Waals surface area contributed by atoms with Crippen molar-refractivity contribution in [1.82, 2.24) is 9.97 Å². The highest BCUT2D eigenvalue weighted by Gasteiger charge is 2.38. The van der Waals surface area contributed by atoms with Gasteiger partial charge in [0.25, 0.3) is 0 Å². The number of nitrogens with zero attached hydrogens (tertiary/aromatic N) is 2. The molecule has 0 saturated heterocycles. The van der Waals surface area contributed by atoms with Crippen molar-refractivity contribution in [3.8, 4) is 10.7 Å². The zero-order valence-electron chi connectivity index (χ0n) is 12.5. The van der Waals surface area contributed by atoms with E-state index in [4.69, 9.17) is 4.74 Å². The smallest absolute Gasteiger partial charge is 0.309 e. The van der Waals surface area contributed by atoms with Crippen LogP contribution < -0.4 is 0 Å². The summed E-state index contributed by atoms with van der Waals surface area (Å²) in [6.07, 6.45) is 1.30. The number of pyridine rings is 1. The summed E-state index contributed by atoms with van der Waals surface area (Å²) >= 11 is 1.38. The van der Waals surface area contributed by atoms with Crippen LogP contribution >= 0.6 is 11.3 Å². The minimum atomic E-state index is -0.979. The minimum absolute atomic E-state index is 0.153. The highest BCUT2D eigenvalue weighted by Crippen LogP contribution is 2.40. The van der Waals surface area contributed by atoms with Crippen LogP contribution in [0.25, 0.3) is 10.7 Å². The van der Waals surface area contributed by atoms with Crippen molar-refractivity contribution in [3.63, 3.8) is 0 Å². The maximum Gasteiger partial charge on any atom is 0.309 e. The van der Waals surface area contributed by atoms with Gasteiger partial charge < -0.3 is 4.74 Å². The van der Waals surface area contributed by atoms with Gasteiger partial charge in [0.05, 0.1) is 30.6 Å². The Morgan fingerprint density at radius 3 is 2.91 bits per heavy atom. The molecule has 122 valence electrons. The molecule has 0 amide bonds. The number of carbonyl (C=O) groups excluding carboxylic acids is 1. The van der Waals surface area contributed by atoms with Gasteiger partial charge in [-0.3, -0.25) is 9.78 Å². The number of methoxy groups -OCH3 is 1. The van der Waals surface area contributed by atoms with Crippen molar-refractivity contribution in [3.05, 3.63) is 35.2 Å².